The lowest BCUT2D eigenvalue weighted by Gasteiger charge is -2.19. The molecule has 1 fully saturated rings. The zero-order chi connectivity index (χ0) is 14.8. The van der Waals surface area contributed by atoms with Crippen LogP contribution in [0, 0.1) is 5.82 Å². The first-order chi connectivity index (χ1) is 10.1. The van der Waals surface area contributed by atoms with Gasteiger partial charge in [0.2, 0.25) is 0 Å². The summed E-state index contributed by atoms with van der Waals surface area (Å²) in [6.45, 7) is 1.68. The molecule has 1 saturated heterocycles. The predicted octanol–water partition coefficient (Wildman–Crippen LogP) is 3.32. The van der Waals surface area contributed by atoms with Crippen LogP contribution in [0.1, 0.15) is 5.56 Å². The van der Waals surface area contributed by atoms with Gasteiger partial charge in [0, 0.05) is 37.7 Å². The lowest BCUT2D eigenvalue weighted by atomic mass is 10.3. The Morgan fingerprint density at radius 2 is 2.14 bits per heavy atom. The van der Waals surface area contributed by atoms with Crippen LogP contribution in [0.25, 0.3) is 0 Å². The van der Waals surface area contributed by atoms with Crippen LogP contribution in [0.4, 0.5) is 14.9 Å². The van der Waals surface area contributed by atoms with E-state index in [0.717, 1.165) is 5.56 Å². The molecule has 21 heavy (non-hydrogen) atoms. The van der Waals surface area contributed by atoms with Gasteiger partial charge in [-0.25, -0.2) is 9.18 Å². The summed E-state index contributed by atoms with van der Waals surface area (Å²) in [7, 11) is 0. The van der Waals surface area contributed by atoms with Gasteiger partial charge < -0.3 is 4.90 Å². The second-order valence-electron chi connectivity index (χ2n) is 4.82. The topological polar surface area (TPSA) is 36.4 Å². The SMILES string of the molecule is O=C1N(Cc2cccnc2)CCN1c1ccc(F)c(Cl)c1. The number of pyridine rings is 1. The molecule has 0 saturated carbocycles. The van der Waals surface area contributed by atoms with E-state index in [1.54, 1.807) is 28.3 Å². The third-order valence-corrected chi connectivity index (χ3v) is 3.70. The number of anilines is 1. The summed E-state index contributed by atoms with van der Waals surface area (Å²) in [6.07, 6.45) is 3.44. The normalized spacial score (nSPS) is 14.9. The number of hydrogen-bond acceptors (Lipinski definition) is 2. The molecule has 1 aliphatic rings. The Balaban J connectivity index is 1.75. The van der Waals surface area contributed by atoms with Crippen LogP contribution in [0.2, 0.25) is 5.02 Å². The molecule has 0 radical (unpaired) electrons. The van der Waals surface area contributed by atoms with Crippen molar-refractivity contribution < 1.29 is 9.18 Å². The Hall–Kier alpha value is -2.14. The molecule has 0 bridgehead atoms. The number of carbonyl (C=O) groups is 1. The van der Waals surface area contributed by atoms with E-state index < -0.39 is 5.82 Å². The molecule has 2 amide bonds. The number of nitrogens with zero attached hydrogens (tertiary/aromatic N) is 3. The molecule has 6 heteroatoms. The lowest BCUT2D eigenvalue weighted by molar-refractivity contribution is 0.218. The maximum absolute atomic E-state index is 13.2. The zero-order valence-electron chi connectivity index (χ0n) is 11.2. The van der Waals surface area contributed by atoms with Crippen molar-refractivity contribution in [1.29, 1.82) is 0 Å². The molecule has 1 aromatic heterocycles. The molecule has 2 aromatic rings. The molecule has 0 N–H and O–H groups in total. The van der Waals surface area contributed by atoms with Crippen molar-refractivity contribution in [1.82, 2.24) is 9.88 Å². The zero-order valence-corrected chi connectivity index (χ0v) is 11.9. The largest absolute Gasteiger partial charge is 0.324 e. The number of carbonyl (C=O) groups excluding carboxylic acids is 1. The average molecular weight is 306 g/mol. The minimum atomic E-state index is -0.487. The maximum atomic E-state index is 13.2. The Morgan fingerprint density at radius 1 is 1.29 bits per heavy atom. The van der Waals surface area contributed by atoms with Crippen LogP contribution in [-0.2, 0) is 6.54 Å². The van der Waals surface area contributed by atoms with Gasteiger partial charge in [0.05, 0.1) is 5.02 Å². The summed E-state index contributed by atoms with van der Waals surface area (Å²) in [5.41, 5.74) is 1.59. The minimum absolute atomic E-state index is 0.0195. The highest BCUT2D eigenvalue weighted by molar-refractivity contribution is 6.31. The van der Waals surface area contributed by atoms with Crippen molar-refractivity contribution in [3.63, 3.8) is 0 Å². The van der Waals surface area contributed by atoms with Crippen molar-refractivity contribution in [3.8, 4) is 0 Å². The van der Waals surface area contributed by atoms with E-state index in [4.69, 9.17) is 11.6 Å². The summed E-state index contributed by atoms with van der Waals surface area (Å²) < 4.78 is 13.2. The van der Waals surface area contributed by atoms with E-state index in [-0.39, 0.29) is 11.1 Å². The highest BCUT2D eigenvalue weighted by atomic mass is 35.5. The van der Waals surface area contributed by atoms with E-state index in [9.17, 15) is 9.18 Å². The number of halogens is 2. The van der Waals surface area contributed by atoms with E-state index in [0.29, 0.717) is 25.3 Å². The molecule has 0 aliphatic carbocycles. The van der Waals surface area contributed by atoms with Crippen LogP contribution in [-0.4, -0.2) is 29.0 Å². The fourth-order valence-electron chi connectivity index (χ4n) is 2.33. The van der Waals surface area contributed by atoms with Crippen molar-refractivity contribution in [2.45, 2.75) is 6.54 Å². The van der Waals surface area contributed by atoms with Gasteiger partial charge in [-0.15, -0.1) is 0 Å². The summed E-state index contributed by atoms with van der Waals surface area (Å²) >= 11 is 5.77. The van der Waals surface area contributed by atoms with Crippen LogP contribution in [0.15, 0.2) is 42.7 Å². The lowest BCUT2D eigenvalue weighted by Crippen LogP contribution is -2.31. The quantitative estimate of drug-likeness (QED) is 0.872. The van der Waals surface area contributed by atoms with Gasteiger partial charge >= 0.3 is 6.03 Å². The van der Waals surface area contributed by atoms with E-state index >= 15 is 0 Å². The fourth-order valence-corrected chi connectivity index (χ4v) is 2.51. The van der Waals surface area contributed by atoms with Gasteiger partial charge in [0.1, 0.15) is 5.82 Å². The van der Waals surface area contributed by atoms with Crippen LogP contribution in [0.5, 0.6) is 0 Å². The molecule has 1 aliphatic heterocycles. The van der Waals surface area contributed by atoms with E-state index in [1.807, 2.05) is 12.1 Å². The second-order valence-corrected chi connectivity index (χ2v) is 5.22. The molecule has 0 unspecified atom stereocenters. The van der Waals surface area contributed by atoms with Crippen LogP contribution in [0.3, 0.4) is 0 Å². The minimum Gasteiger partial charge on any atom is -0.318 e. The van der Waals surface area contributed by atoms with Crippen molar-refractivity contribution >= 4 is 23.3 Å². The van der Waals surface area contributed by atoms with Gasteiger partial charge in [-0.3, -0.25) is 9.88 Å². The monoisotopic (exact) mass is 305 g/mol. The van der Waals surface area contributed by atoms with E-state index in [2.05, 4.69) is 4.98 Å². The first-order valence-electron chi connectivity index (χ1n) is 6.55. The number of hydrogen-bond donors (Lipinski definition) is 0. The van der Waals surface area contributed by atoms with Gasteiger partial charge in [0.15, 0.2) is 0 Å². The first kappa shape index (κ1) is 13.8. The van der Waals surface area contributed by atoms with Crippen LogP contribution < -0.4 is 4.90 Å². The summed E-state index contributed by atoms with van der Waals surface area (Å²) in [5.74, 6) is -0.487. The molecule has 108 valence electrons. The Kier molecular flexibility index (Phi) is 3.75. The Bertz CT molecular complexity index is 665. The number of urea groups is 1. The smallest absolute Gasteiger partial charge is 0.318 e. The fraction of sp³-hybridized carbons (Fsp3) is 0.200. The molecule has 3 rings (SSSR count). The molecule has 0 atom stereocenters. The third-order valence-electron chi connectivity index (χ3n) is 3.41. The van der Waals surface area contributed by atoms with Gasteiger partial charge in [-0.05, 0) is 29.8 Å². The van der Waals surface area contributed by atoms with Crippen molar-refractivity contribution in [2.75, 3.05) is 18.0 Å². The molecule has 4 nitrogen and oxygen atoms in total. The van der Waals surface area contributed by atoms with Gasteiger partial charge in [0.25, 0.3) is 0 Å². The van der Waals surface area contributed by atoms with Crippen molar-refractivity contribution in [2.24, 2.45) is 0 Å². The summed E-state index contributed by atoms with van der Waals surface area (Å²) in [5, 5.41) is 0.0195. The van der Waals surface area contributed by atoms with Crippen LogP contribution >= 0.6 is 11.6 Å². The van der Waals surface area contributed by atoms with Gasteiger partial charge in [-0.2, -0.15) is 0 Å². The predicted molar refractivity (Wildman–Crippen MR) is 78.8 cm³/mol. The maximum Gasteiger partial charge on any atom is 0.324 e. The molecular formula is C15H13ClFN3O. The Morgan fingerprint density at radius 3 is 2.86 bits per heavy atom. The molecule has 1 aromatic carbocycles. The number of aromatic nitrogens is 1. The highest BCUT2D eigenvalue weighted by Gasteiger charge is 2.29. The number of benzene rings is 1. The third kappa shape index (κ3) is 2.83. The standard InChI is InChI=1S/C15H13ClFN3O/c16-13-8-12(3-4-14(13)17)20-7-6-19(15(20)21)10-11-2-1-5-18-9-11/h1-5,8-9H,6-7,10H2. The molecular weight excluding hydrogens is 293 g/mol. The Labute approximate surface area is 126 Å². The summed E-state index contributed by atoms with van der Waals surface area (Å²) in [6, 6.07) is 7.97. The summed E-state index contributed by atoms with van der Waals surface area (Å²) in [4.78, 5) is 19.8. The second kappa shape index (κ2) is 5.69. The molecule has 0 spiro atoms. The number of rotatable bonds is 3. The first-order valence-corrected chi connectivity index (χ1v) is 6.93. The highest BCUT2D eigenvalue weighted by Crippen LogP contribution is 2.26. The molecule has 2 heterocycles. The van der Waals surface area contributed by atoms with Crippen molar-refractivity contribution in [3.05, 3.63) is 59.1 Å². The number of amides is 2. The average Bonchev–Trinajstić information content (AvgIpc) is 2.84. The van der Waals surface area contributed by atoms with Gasteiger partial charge in [-0.1, -0.05) is 17.7 Å². The van der Waals surface area contributed by atoms with E-state index in [1.165, 1.54) is 12.1 Å².